The van der Waals surface area contributed by atoms with Gasteiger partial charge in [0.15, 0.2) is 0 Å². The Balaban J connectivity index is 2.03. The van der Waals surface area contributed by atoms with Crippen LogP contribution in [0.5, 0.6) is 5.75 Å². The second-order valence-corrected chi connectivity index (χ2v) is 4.11. The summed E-state index contributed by atoms with van der Waals surface area (Å²) in [4.78, 5) is 11.8. The molecule has 2 aromatic rings. The average molecular weight is 245 g/mol. The van der Waals surface area contributed by atoms with E-state index in [1.807, 2.05) is 13.0 Å². The molecule has 0 saturated heterocycles. The molecule has 2 N–H and O–H groups in total. The normalized spacial score (nSPS) is 10.3. The van der Waals surface area contributed by atoms with Crippen molar-refractivity contribution < 1.29 is 9.90 Å². The van der Waals surface area contributed by atoms with Crippen LogP contribution < -0.4 is 5.32 Å². The molecule has 5 heteroatoms. The Bertz CT molecular complexity index is 556. The van der Waals surface area contributed by atoms with Crippen LogP contribution in [0.3, 0.4) is 0 Å². The van der Waals surface area contributed by atoms with Crippen molar-refractivity contribution in [3.63, 3.8) is 0 Å². The summed E-state index contributed by atoms with van der Waals surface area (Å²) < 4.78 is 1.65. The minimum Gasteiger partial charge on any atom is -0.508 e. The van der Waals surface area contributed by atoms with Crippen molar-refractivity contribution >= 4 is 5.91 Å². The predicted octanol–water partition coefficient (Wildman–Crippen LogP) is 1.36. The molecule has 0 spiro atoms. The first-order valence-corrected chi connectivity index (χ1v) is 5.63. The minimum absolute atomic E-state index is 0.176. The number of hydrogen-bond donors (Lipinski definition) is 2. The number of nitrogens with zero attached hydrogens (tertiary/aromatic N) is 2. The van der Waals surface area contributed by atoms with Crippen LogP contribution in [0.2, 0.25) is 0 Å². The average Bonchev–Trinajstić information content (AvgIpc) is 2.68. The van der Waals surface area contributed by atoms with E-state index < -0.39 is 0 Å². The van der Waals surface area contributed by atoms with Crippen LogP contribution in [0.15, 0.2) is 30.3 Å². The molecule has 1 aromatic carbocycles. The van der Waals surface area contributed by atoms with E-state index in [1.54, 1.807) is 36.0 Å². The van der Waals surface area contributed by atoms with E-state index in [4.69, 9.17) is 0 Å². The third-order valence-corrected chi connectivity index (χ3v) is 2.78. The van der Waals surface area contributed by atoms with Gasteiger partial charge in [-0.1, -0.05) is 18.2 Å². The lowest BCUT2D eigenvalue weighted by Gasteiger charge is -2.05. The molecule has 5 nitrogen and oxygen atoms in total. The summed E-state index contributed by atoms with van der Waals surface area (Å²) in [5, 5.41) is 16.4. The third kappa shape index (κ3) is 2.51. The van der Waals surface area contributed by atoms with Crippen LogP contribution in [0.1, 0.15) is 21.7 Å². The first kappa shape index (κ1) is 12.2. The van der Waals surface area contributed by atoms with Crippen molar-refractivity contribution in [1.82, 2.24) is 15.1 Å². The van der Waals surface area contributed by atoms with E-state index in [9.17, 15) is 9.90 Å². The Hall–Kier alpha value is -2.30. The van der Waals surface area contributed by atoms with Gasteiger partial charge < -0.3 is 10.4 Å². The fourth-order valence-corrected chi connectivity index (χ4v) is 1.60. The van der Waals surface area contributed by atoms with Crippen molar-refractivity contribution in [3.05, 3.63) is 47.3 Å². The molecule has 0 bridgehead atoms. The van der Waals surface area contributed by atoms with Gasteiger partial charge in [-0.3, -0.25) is 9.48 Å². The largest absolute Gasteiger partial charge is 0.508 e. The third-order valence-electron chi connectivity index (χ3n) is 2.78. The number of carbonyl (C=O) groups is 1. The van der Waals surface area contributed by atoms with Crippen LogP contribution in [0, 0.1) is 6.92 Å². The van der Waals surface area contributed by atoms with Gasteiger partial charge in [0.1, 0.15) is 11.4 Å². The van der Waals surface area contributed by atoms with Gasteiger partial charge in [-0.05, 0) is 19.1 Å². The number of aromatic hydroxyl groups is 1. The number of aryl methyl sites for hydroxylation is 2. The number of benzene rings is 1. The molecule has 0 aliphatic rings. The summed E-state index contributed by atoms with van der Waals surface area (Å²) >= 11 is 0. The van der Waals surface area contributed by atoms with Gasteiger partial charge in [0, 0.05) is 24.8 Å². The van der Waals surface area contributed by atoms with Crippen molar-refractivity contribution in [2.75, 3.05) is 0 Å². The van der Waals surface area contributed by atoms with E-state index in [2.05, 4.69) is 10.4 Å². The molecule has 0 radical (unpaired) electrons. The highest BCUT2D eigenvalue weighted by Gasteiger charge is 2.11. The number of para-hydroxylation sites is 1. The highest BCUT2D eigenvalue weighted by atomic mass is 16.3. The van der Waals surface area contributed by atoms with Gasteiger partial charge in [0.05, 0.1) is 0 Å². The summed E-state index contributed by atoms with van der Waals surface area (Å²) in [5.74, 6) is -0.0723. The van der Waals surface area contributed by atoms with E-state index in [-0.39, 0.29) is 18.2 Å². The number of amides is 1. The topological polar surface area (TPSA) is 67.2 Å². The van der Waals surface area contributed by atoms with Crippen LogP contribution in [-0.2, 0) is 13.6 Å². The van der Waals surface area contributed by atoms with Crippen molar-refractivity contribution in [1.29, 1.82) is 0 Å². The molecule has 0 atom stereocenters. The molecule has 18 heavy (non-hydrogen) atoms. The number of carbonyl (C=O) groups excluding carboxylic acids is 1. The molecule has 2 rings (SSSR count). The van der Waals surface area contributed by atoms with Crippen LogP contribution >= 0.6 is 0 Å². The SMILES string of the molecule is Cc1cc(C(=O)NCc2ccccc2O)nn1C. The summed E-state index contributed by atoms with van der Waals surface area (Å²) in [6.45, 7) is 2.16. The Morgan fingerprint density at radius 3 is 2.78 bits per heavy atom. The molecular formula is C13H15N3O2. The van der Waals surface area contributed by atoms with Gasteiger partial charge in [0.25, 0.3) is 5.91 Å². The number of nitrogens with one attached hydrogen (secondary N) is 1. The fourth-order valence-electron chi connectivity index (χ4n) is 1.60. The monoisotopic (exact) mass is 245 g/mol. The van der Waals surface area contributed by atoms with E-state index >= 15 is 0 Å². The molecule has 0 aliphatic carbocycles. The maximum absolute atomic E-state index is 11.8. The van der Waals surface area contributed by atoms with Crippen LogP contribution in [0.25, 0.3) is 0 Å². The number of rotatable bonds is 3. The van der Waals surface area contributed by atoms with Crippen LogP contribution in [-0.4, -0.2) is 20.8 Å². The Labute approximate surface area is 105 Å². The van der Waals surface area contributed by atoms with E-state index in [0.717, 1.165) is 5.69 Å². The van der Waals surface area contributed by atoms with E-state index in [0.29, 0.717) is 11.3 Å². The zero-order valence-electron chi connectivity index (χ0n) is 10.3. The smallest absolute Gasteiger partial charge is 0.272 e. The molecule has 94 valence electrons. The van der Waals surface area contributed by atoms with Gasteiger partial charge in [-0.2, -0.15) is 5.10 Å². The lowest BCUT2D eigenvalue weighted by Crippen LogP contribution is -2.23. The second kappa shape index (κ2) is 4.91. The zero-order chi connectivity index (χ0) is 13.1. The lowest BCUT2D eigenvalue weighted by atomic mass is 10.2. The Kier molecular flexibility index (Phi) is 3.32. The van der Waals surface area contributed by atoms with Crippen molar-refractivity contribution in [2.24, 2.45) is 7.05 Å². The fraction of sp³-hybridized carbons (Fsp3) is 0.231. The van der Waals surface area contributed by atoms with Crippen molar-refractivity contribution in [3.8, 4) is 5.75 Å². The number of aromatic nitrogens is 2. The molecule has 0 fully saturated rings. The Morgan fingerprint density at radius 1 is 1.44 bits per heavy atom. The van der Waals surface area contributed by atoms with Gasteiger partial charge in [0.2, 0.25) is 0 Å². The van der Waals surface area contributed by atoms with Gasteiger partial charge in [-0.25, -0.2) is 0 Å². The minimum atomic E-state index is -0.248. The predicted molar refractivity (Wildman–Crippen MR) is 67.2 cm³/mol. The van der Waals surface area contributed by atoms with Gasteiger partial charge in [-0.15, -0.1) is 0 Å². The summed E-state index contributed by atoms with van der Waals surface area (Å²) in [7, 11) is 1.79. The number of hydrogen-bond acceptors (Lipinski definition) is 3. The Morgan fingerprint density at radius 2 is 2.17 bits per heavy atom. The molecule has 0 saturated carbocycles. The van der Waals surface area contributed by atoms with Crippen LogP contribution in [0.4, 0.5) is 0 Å². The maximum atomic E-state index is 11.8. The summed E-state index contributed by atoms with van der Waals surface area (Å²) in [6.07, 6.45) is 0. The summed E-state index contributed by atoms with van der Waals surface area (Å²) in [6, 6.07) is 8.63. The highest BCUT2D eigenvalue weighted by Crippen LogP contribution is 2.15. The molecule has 1 aromatic heterocycles. The first-order chi connectivity index (χ1) is 8.58. The standard InChI is InChI=1S/C13H15N3O2/c1-9-7-11(15-16(9)2)13(18)14-8-10-5-3-4-6-12(10)17/h3-7,17H,8H2,1-2H3,(H,14,18). The second-order valence-electron chi connectivity index (χ2n) is 4.11. The molecule has 0 unspecified atom stereocenters. The van der Waals surface area contributed by atoms with Gasteiger partial charge >= 0.3 is 0 Å². The zero-order valence-corrected chi connectivity index (χ0v) is 10.3. The first-order valence-electron chi connectivity index (χ1n) is 5.63. The lowest BCUT2D eigenvalue weighted by molar-refractivity contribution is 0.0945. The number of phenolic OH excluding ortho intramolecular Hbond substituents is 1. The molecule has 1 heterocycles. The number of phenols is 1. The van der Waals surface area contributed by atoms with Crippen molar-refractivity contribution in [2.45, 2.75) is 13.5 Å². The van der Waals surface area contributed by atoms with E-state index in [1.165, 1.54) is 0 Å². The molecular weight excluding hydrogens is 230 g/mol. The maximum Gasteiger partial charge on any atom is 0.272 e. The molecule has 1 amide bonds. The highest BCUT2D eigenvalue weighted by molar-refractivity contribution is 5.92. The molecule has 0 aliphatic heterocycles. The summed E-state index contributed by atoms with van der Waals surface area (Å²) in [5.41, 5.74) is 1.98. The quantitative estimate of drug-likeness (QED) is 0.858.